The molecule has 3 aromatic rings. The van der Waals surface area contributed by atoms with Gasteiger partial charge in [-0.25, -0.2) is 0 Å². The molecule has 0 bridgehead atoms. The Morgan fingerprint density at radius 3 is 2.73 bits per heavy atom. The molecule has 2 nitrogen and oxygen atoms in total. The normalized spacial score (nSPS) is 13.8. The average Bonchev–Trinajstić information content (AvgIpc) is 2.54. The van der Waals surface area contributed by atoms with E-state index in [1.165, 1.54) is 16.7 Å². The van der Waals surface area contributed by atoms with Crippen LogP contribution < -0.4 is 0 Å². The van der Waals surface area contributed by atoms with Crippen molar-refractivity contribution in [2.24, 2.45) is 4.99 Å². The molecular formula is C20H17NO. The van der Waals surface area contributed by atoms with Gasteiger partial charge in [0.1, 0.15) is 5.75 Å². The van der Waals surface area contributed by atoms with Gasteiger partial charge in [-0.05, 0) is 47.4 Å². The zero-order valence-corrected chi connectivity index (χ0v) is 12.5. The minimum absolute atomic E-state index is 0.295. The lowest BCUT2D eigenvalue weighted by atomic mass is 9.88. The number of hydrogen-bond donors (Lipinski definition) is 1. The fourth-order valence-corrected chi connectivity index (χ4v) is 3.29. The molecule has 0 aromatic heterocycles. The molecule has 0 saturated carbocycles. The summed E-state index contributed by atoms with van der Waals surface area (Å²) in [7, 11) is 0. The van der Waals surface area contributed by atoms with Crippen molar-refractivity contribution in [1.29, 1.82) is 0 Å². The Morgan fingerprint density at radius 2 is 1.82 bits per heavy atom. The number of nitrogens with zero attached hydrogens (tertiary/aromatic N) is 1. The van der Waals surface area contributed by atoms with E-state index in [9.17, 15) is 5.11 Å². The zero-order valence-electron chi connectivity index (χ0n) is 12.5. The number of phenolic OH excluding ortho intramolecular Hbond substituents is 1. The molecule has 1 heterocycles. The largest absolute Gasteiger partial charge is 0.508 e. The molecule has 0 spiro atoms. The van der Waals surface area contributed by atoms with Gasteiger partial charge in [-0.3, -0.25) is 4.99 Å². The second-order valence-electron chi connectivity index (χ2n) is 5.80. The molecule has 3 aromatic carbocycles. The molecule has 0 unspecified atom stereocenters. The average molecular weight is 287 g/mol. The fraction of sp³-hybridized carbons (Fsp3) is 0.150. The van der Waals surface area contributed by atoms with Crippen LogP contribution in [0.2, 0.25) is 0 Å². The Kier molecular flexibility index (Phi) is 2.97. The summed E-state index contributed by atoms with van der Waals surface area (Å²) in [5.74, 6) is 0.295. The van der Waals surface area contributed by atoms with Crippen LogP contribution in [0.3, 0.4) is 0 Å². The third-order valence-electron chi connectivity index (χ3n) is 4.37. The molecule has 0 aliphatic carbocycles. The molecule has 0 radical (unpaired) electrons. The molecule has 1 aliphatic rings. The molecule has 22 heavy (non-hydrogen) atoms. The van der Waals surface area contributed by atoms with E-state index in [0.29, 0.717) is 5.75 Å². The highest BCUT2D eigenvalue weighted by Crippen LogP contribution is 2.30. The van der Waals surface area contributed by atoms with Crippen molar-refractivity contribution in [3.63, 3.8) is 0 Å². The van der Waals surface area contributed by atoms with Crippen LogP contribution in [0.15, 0.2) is 59.6 Å². The number of aromatic hydroxyl groups is 1. The van der Waals surface area contributed by atoms with Crippen LogP contribution >= 0.6 is 0 Å². The van der Waals surface area contributed by atoms with E-state index in [4.69, 9.17) is 4.99 Å². The molecule has 0 saturated heterocycles. The summed E-state index contributed by atoms with van der Waals surface area (Å²) in [6.07, 6.45) is 0.995. The van der Waals surface area contributed by atoms with Crippen LogP contribution in [-0.2, 0) is 6.42 Å². The van der Waals surface area contributed by atoms with Crippen LogP contribution in [0.4, 0.5) is 0 Å². The van der Waals surface area contributed by atoms with Crippen molar-refractivity contribution in [2.75, 3.05) is 6.54 Å². The number of benzene rings is 3. The van der Waals surface area contributed by atoms with E-state index in [0.717, 1.165) is 35.0 Å². The smallest absolute Gasteiger partial charge is 0.116 e. The molecule has 1 N–H and O–H groups in total. The first-order valence-corrected chi connectivity index (χ1v) is 7.59. The van der Waals surface area contributed by atoms with Crippen molar-refractivity contribution in [1.82, 2.24) is 0 Å². The molecule has 1 aliphatic heterocycles. The predicted molar refractivity (Wildman–Crippen MR) is 91.0 cm³/mol. The third kappa shape index (κ3) is 2.00. The Hall–Kier alpha value is -2.61. The molecule has 2 heteroatoms. The summed E-state index contributed by atoms with van der Waals surface area (Å²) >= 11 is 0. The van der Waals surface area contributed by atoms with Crippen molar-refractivity contribution in [3.8, 4) is 5.75 Å². The van der Waals surface area contributed by atoms with Gasteiger partial charge in [0, 0.05) is 17.7 Å². The lowest BCUT2D eigenvalue weighted by Crippen LogP contribution is -2.15. The SMILES string of the molecule is Cc1ccc2ccc(O)cc2c1C1=NCCc2ccccc21. The highest BCUT2D eigenvalue weighted by atomic mass is 16.3. The first-order chi connectivity index (χ1) is 10.7. The Balaban J connectivity index is 2.04. The standard InChI is InChI=1S/C20H17NO/c1-13-6-7-15-8-9-16(22)12-18(15)19(13)20-17-5-3-2-4-14(17)10-11-21-20/h2-9,12,22H,10-11H2,1H3. The maximum absolute atomic E-state index is 9.90. The van der Waals surface area contributed by atoms with E-state index < -0.39 is 0 Å². The molecule has 4 rings (SSSR count). The Morgan fingerprint density at radius 1 is 1.00 bits per heavy atom. The summed E-state index contributed by atoms with van der Waals surface area (Å²) in [6.45, 7) is 2.93. The Bertz CT molecular complexity index is 903. The van der Waals surface area contributed by atoms with Crippen LogP contribution in [0.1, 0.15) is 22.3 Å². The summed E-state index contributed by atoms with van der Waals surface area (Å²) in [6, 6.07) is 18.3. The summed E-state index contributed by atoms with van der Waals surface area (Å²) in [5.41, 5.74) is 5.95. The van der Waals surface area contributed by atoms with Crippen molar-refractivity contribution >= 4 is 16.5 Å². The van der Waals surface area contributed by atoms with Gasteiger partial charge in [0.15, 0.2) is 0 Å². The topological polar surface area (TPSA) is 32.6 Å². The molecule has 0 atom stereocenters. The summed E-state index contributed by atoms with van der Waals surface area (Å²) < 4.78 is 0. The third-order valence-corrected chi connectivity index (χ3v) is 4.37. The van der Waals surface area contributed by atoms with Crippen LogP contribution in [-0.4, -0.2) is 17.4 Å². The highest BCUT2D eigenvalue weighted by molar-refractivity contribution is 6.21. The van der Waals surface area contributed by atoms with Gasteiger partial charge >= 0.3 is 0 Å². The first kappa shape index (κ1) is 13.1. The van der Waals surface area contributed by atoms with Crippen molar-refractivity contribution < 1.29 is 5.11 Å². The van der Waals surface area contributed by atoms with Gasteiger partial charge < -0.3 is 5.11 Å². The lowest BCUT2D eigenvalue weighted by molar-refractivity contribution is 0.476. The van der Waals surface area contributed by atoms with Gasteiger partial charge in [0.25, 0.3) is 0 Å². The quantitative estimate of drug-likeness (QED) is 0.713. The summed E-state index contributed by atoms with van der Waals surface area (Å²) in [5, 5.41) is 12.1. The molecule has 108 valence electrons. The number of aryl methyl sites for hydroxylation is 1. The van der Waals surface area contributed by atoms with Gasteiger partial charge in [0.2, 0.25) is 0 Å². The van der Waals surface area contributed by atoms with E-state index in [1.807, 2.05) is 12.1 Å². The monoisotopic (exact) mass is 287 g/mol. The van der Waals surface area contributed by atoms with Crippen LogP contribution in [0.25, 0.3) is 10.8 Å². The van der Waals surface area contributed by atoms with Gasteiger partial charge in [0.05, 0.1) is 5.71 Å². The van der Waals surface area contributed by atoms with Gasteiger partial charge in [-0.15, -0.1) is 0 Å². The highest BCUT2D eigenvalue weighted by Gasteiger charge is 2.19. The number of rotatable bonds is 1. The van der Waals surface area contributed by atoms with Crippen molar-refractivity contribution in [2.45, 2.75) is 13.3 Å². The minimum Gasteiger partial charge on any atom is -0.508 e. The number of hydrogen-bond acceptors (Lipinski definition) is 2. The second kappa shape index (κ2) is 4.99. The first-order valence-electron chi connectivity index (χ1n) is 7.59. The van der Waals surface area contributed by atoms with Crippen LogP contribution in [0, 0.1) is 6.92 Å². The van der Waals surface area contributed by atoms with Crippen molar-refractivity contribution in [3.05, 3.63) is 76.9 Å². The Labute approximate surface area is 129 Å². The maximum Gasteiger partial charge on any atom is 0.116 e. The van der Waals surface area contributed by atoms with Gasteiger partial charge in [-0.2, -0.15) is 0 Å². The van der Waals surface area contributed by atoms with E-state index in [-0.39, 0.29) is 0 Å². The zero-order chi connectivity index (χ0) is 15.1. The minimum atomic E-state index is 0.295. The predicted octanol–water partition coefficient (Wildman–Crippen LogP) is 4.25. The molecule has 0 fully saturated rings. The maximum atomic E-state index is 9.90. The van der Waals surface area contributed by atoms with Crippen LogP contribution in [0.5, 0.6) is 5.75 Å². The summed E-state index contributed by atoms with van der Waals surface area (Å²) in [4.78, 5) is 4.82. The molecular weight excluding hydrogens is 270 g/mol. The molecule has 0 amide bonds. The number of fused-ring (bicyclic) bond motifs is 2. The van der Waals surface area contributed by atoms with E-state index in [1.54, 1.807) is 6.07 Å². The van der Waals surface area contributed by atoms with Gasteiger partial charge in [-0.1, -0.05) is 42.5 Å². The second-order valence-corrected chi connectivity index (χ2v) is 5.80. The number of aliphatic imine (C=N–C) groups is 1. The number of phenols is 1. The van der Waals surface area contributed by atoms with E-state index >= 15 is 0 Å². The fourth-order valence-electron chi connectivity index (χ4n) is 3.29. The van der Waals surface area contributed by atoms with E-state index in [2.05, 4.69) is 43.3 Å². The lowest BCUT2D eigenvalue weighted by Gasteiger charge is -2.20.